The van der Waals surface area contributed by atoms with E-state index in [0.717, 1.165) is 26.0 Å². The third-order valence-corrected chi connectivity index (χ3v) is 7.97. The van der Waals surface area contributed by atoms with Gasteiger partial charge >= 0.3 is 0 Å². The number of carbonyl (C=O) groups is 2. The van der Waals surface area contributed by atoms with Crippen LogP contribution in [0.5, 0.6) is 0 Å². The number of likely N-dealkylation sites (tertiary alicyclic amines) is 1. The molecule has 0 spiro atoms. The highest BCUT2D eigenvalue weighted by Gasteiger charge is 2.39. The normalized spacial score (nSPS) is 15.8. The molecular formula is C23H19BrN4O4S2. The number of carbonyl (C=O) groups excluding carboxylic acids is 2. The zero-order valence-corrected chi connectivity index (χ0v) is 21.2. The minimum absolute atomic E-state index is 0.254. The second-order valence-electron chi connectivity index (χ2n) is 7.96. The Kier molecular flexibility index (Phi) is 5.78. The minimum atomic E-state index is -3.59. The van der Waals surface area contributed by atoms with E-state index in [0.29, 0.717) is 29.0 Å². The maximum Gasteiger partial charge on any atom is 0.256 e. The van der Waals surface area contributed by atoms with Crippen molar-refractivity contribution in [3.05, 3.63) is 70.1 Å². The molecule has 1 aliphatic rings. The second-order valence-corrected chi connectivity index (χ2v) is 11.6. The van der Waals surface area contributed by atoms with Crippen LogP contribution in [-0.2, 0) is 14.8 Å². The van der Waals surface area contributed by atoms with Gasteiger partial charge in [0.1, 0.15) is 6.04 Å². The lowest BCUT2D eigenvalue weighted by Crippen LogP contribution is -2.56. The van der Waals surface area contributed by atoms with Crippen molar-refractivity contribution in [2.24, 2.45) is 0 Å². The van der Waals surface area contributed by atoms with Crippen LogP contribution in [0.1, 0.15) is 16.8 Å². The fourth-order valence-corrected chi connectivity index (χ4v) is 5.89. The van der Waals surface area contributed by atoms with Gasteiger partial charge in [0.05, 0.1) is 23.0 Å². The number of nitrogens with one attached hydrogen (secondary N) is 1. The number of hydrogen-bond acceptors (Lipinski definition) is 6. The van der Waals surface area contributed by atoms with Crippen LogP contribution in [0, 0.1) is 0 Å². The fourth-order valence-electron chi connectivity index (χ4n) is 3.95. The molecule has 11 heteroatoms. The molecule has 1 atom stereocenters. The van der Waals surface area contributed by atoms with Gasteiger partial charge in [-0.2, -0.15) is 0 Å². The van der Waals surface area contributed by atoms with Crippen LogP contribution in [0.4, 0.5) is 5.13 Å². The molecule has 1 aliphatic heterocycles. The van der Waals surface area contributed by atoms with Gasteiger partial charge in [0.15, 0.2) is 5.13 Å². The summed E-state index contributed by atoms with van der Waals surface area (Å²) in [5, 5.41) is 5.66. The monoisotopic (exact) mass is 558 g/mol. The number of halogens is 1. The number of aromatic nitrogens is 2. The van der Waals surface area contributed by atoms with E-state index in [-0.39, 0.29) is 17.4 Å². The van der Waals surface area contributed by atoms with Crippen LogP contribution in [0.2, 0.25) is 0 Å². The third kappa shape index (κ3) is 4.15. The largest absolute Gasteiger partial charge is 0.326 e. The van der Waals surface area contributed by atoms with Crippen LogP contribution < -0.4 is 5.32 Å². The van der Waals surface area contributed by atoms with Gasteiger partial charge in [-0.05, 0) is 24.6 Å². The lowest BCUT2D eigenvalue weighted by molar-refractivity contribution is -0.123. The SMILES string of the molecule is CS(=O)(=O)n1cc(C(=O)N2CC[C@H]2C(=O)Nc2nc(-c3cccc(Br)c3)cs2)c2ccccc21. The molecule has 0 radical (unpaired) electrons. The molecule has 0 aliphatic carbocycles. The predicted molar refractivity (Wildman–Crippen MR) is 136 cm³/mol. The van der Waals surface area contributed by atoms with Gasteiger partial charge < -0.3 is 10.2 Å². The third-order valence-electron chi connectivity index (χ3n) is 5.70. The molecule has 2 aromatic heterocycles. The molecule has 4 aromatic rings. The summed E-state index contributed by atoms with van der Waals surface area (Å²) in [6, 6.07) is 13.9. The summed E-state index contributed by atoms with van der Waals surface area (Å²) in [6.07, 6.45) is 2.94. The first-order valence-electron chi connectivity index (χ1n) is 10.4. The van der Waals surface area contributed by atoms with Gasteiger partial charge in [0, 0.05) is 33.5 Å². The summed E-state index contributed by atoms with van der Waals surface area (Å²) in [5.74, 6) is -0.694. The topological polar surface area (TPSA) is 101 Å². The van der Waals surface area contributed by atoms with Crippen LogP contribution in [-0.4, -0.2) is 52.9 Å². The molecular weight excluding hydrogens is 540 g/mol. The van der Waals surface area contributed by atoms with Crippen molar-refractivity contribution in [2.45, 2.75) is 12.5 Å². The quantitative estimate of drug-likeness (QED) is 0.395. The zero-order valence-electron chi connectivity index (χ0n) is 17.9. The molecule has 174 valence electrons. The Bertz CT molecular complexity index is 1540. The molecule has 5 rings (SSSR count). The first kappa shape index (κ1) is 22.8. The van der Waals surface area contributed by atoms with Crippen molar-refractivity contribution in [1.29, 1.82) is 0 Å². The number of nitrogens with zero attached hydrogens (tertiary/aromatic N) is 3. The highest BCUT2D eigenvalue weighted by molar-refractivity contribution is 9.10. The molecule has 1 fully saturated rings. The van der Waals surface area contributed by atoms with E-state index in [9.17, 15) is 18.0 Å². The van der Waals surface area contributed by atoms with E-state index < -0.39 is 16.1 Å². The van der Waals surface area contributed by atoms with Crippen LogP contribution in [0.15, 0.2) is 64.6 Å². The Morgan fingerprint density at radius 3 is 2.68 bits per heavy atom. The first-order valence-corrected chi connectivity index (χ1v) is 13.9. The van der Waals surface area contributed by atoms with Crippen LogP contribution in [0.3, 0.4) is 0 Å². The highest BCUT2D eigenvalue weighted by atomic mass is 79.9. The molecule has 0 bridgehead atoms. The number of fused-ring (bicyclic) bond motifs is 1. The van der Waals surface area contributed by atoms with Crippen molar-refractivity contribution < 1.29 is 18.0 Å². The maximum absolute atomic E-state index is 13.3. The molecule has 2 amide bonds. The molecule has 34 heavy (non-hydrogen) atoms. The summed E-state index contributed by atoms with van der Waals surface area (Å²) in [4.78, 5) is 32.2. The molecule has 0 unspecified atom stereocenters. The van der Waals surface area contributed by atoms with E-state index in [1.54, 1.807) is 24.3 Å². The van der Waals surface area contributed by atoms with Gasteiger partial charge in [-0.3, -0.25) is 9.59 Å². The van der Waals surface area contributed by atoms with Gasteiger partial charge in [-0.1, -0.05) is 46.3 Å². The predicted octanol–water partition coefficient (Wildman–Crippen LogP) is 4.19. The van der Waals surface area contributed by atoms with Crippen molar-refractivity contribution in [3.8, 4) is 11.3 Å². The smallest absolute Gasteiger partial charge is 0.256 e. The molecule has 3 heterocycles. The Balaban J connectivity index is 1.35. The van der Waals surface area contributed by atoms with Crippen molar-refractivity contribution >= 4 is 65.1 Å². The van der Waals surface area contributed by atoms with Crippen molar-refractivity contribution in [2.75, 3.05) is 18.1 Å². The van der Waals surface area contributed by atoms with Gasteiger partial charge in [0.25, 0.3) is 5.91 Å². The van der Waals surface area contributed by atoms with E-state index in [1.807, 2.05) is 29.6 Å². The average Bonchev–Trinajstić information content (AvgIpc) is 3.37. The van der Waals surface area contributed by atoms with Crippen LogP contribution >= 0.6 is 27.3 Å². The standard InChI is InChI=1S/C23H19BrN4O4S2/c1-34(31,32)28-12-17(16-7-2-3-8-19(16)28)22(30)27-10-9-20(27)21(29)26-23-25-18(13-33-23)14-5-4-6-15(24)11-14/h2-8,11-13,20H,9-10H2,1H3,(H,25,26,29)/t20-/m0/s1. The van der Waals surface area contributed by atoms with Gasteiger partial charge in [-0.25, -0.2) is 17.4 Å². The van der Waals surface area contributed by atoms with Crippen LogP contribution in [0.25, 0.3) is 22.2 Å². The Hall–Kier alpha value is -3.02. The van der Waals surface area contributed by atoms with Crippen molar-refractivity contribution in [3.63, 3.8) is 0 Å². The lowest BCUT2D eigenvalue weighted by Gasteiger charge is -2.39. The Labute approximate surface area is 208 Å². The molecule has 2 aromatic carbocycles. The lowest BCUT2D eigenvalue weighted by atomic mass is 10.00. The van der Waals surface area contributed by atoms with E-state index >= 15 is 0 Å². The average molecular weight is 559 g/mol. The van der Waals surface area contributed by atoms with E-state index in [4.69, 9.17) is 0 Å². The molecule has 1 N–H and O–H groups in total. The Morgan fingerprint density at radius 2 is 1.97 bits per heavy atom. The zero-order chi connectivity index (χ0) is 24.0. The number of amides is 2. The van der Waals surface area contributed by atoms with Gasteiger partial charge in [0.2, 0.25) is 15.9 Å². The molecule has 1 saturated heterocycles. The van der Waals surface area contributed by atoms with Gasteiger partial charge in [-0.15, -0.1) is 11.3 Å². The number of para-hydroxylation sites is 1. The number of anilines is 1. The fraction of sp³-hybridized carbons (Fsp3) is 0.174. The summed E-state index contributed by atoms with van der Waals surface area (Å²) < 4.78 is 26.4. The van der Waals surface area contributed by atoms with E-state index in [2.05, 4.69) is 26.2 Å². The molecule has 0 saturated carbocycles. The van der Waals surface area contributed by atoms with E-state index in [1.165, 1.54) is 22.4 Å². The first-order chi connectivity index (χ1) is 16.2. The number of rotatable bonds is 5. The summed E-state index contributed by atoms with van der Waals surface area (Å²) in [5.41, 5.74) is 2.35. The summed E-state index contributed by atoms with van der Waals surface area (Å²) in [6.45, 7) is 0.413. The molecule has 8 nitrogen and oxygen atoms in total. The number of thiazole rings is 1. The number of benzene rings is 2. The summed E-state index contributed by atoms with van der Waals surface area (Å²) >= 11 is 4.76. The number of hydrogen-bond donors (Lipinski definition) is 1. The minimum Gasteiger partial charge on any atom is -0.326 e. The highest BCUT2D eigenvalue weighted by Crippen LogP contribution is 2.30. The summed E-state index contributed by atoms with van der Waals surface area (Å²) in [7, 11) is -3.59. The Morgan fingerprint density at radius 1 is 1.18 bits per heavy atom. The second kappa shape index (κ2) is 8.64. The maximum atomic E-state index is 13.3. The van der Waals surface area contributed by atoms with Crippen molar-refractivity contribution in [1.82, 2.24) is 13.9 Å².